The average molecular weight is 376 g/mol. The highest BCUT2D eigenvalue weighted by molar-refractivity contribution is 7.89. The summed E-state index contributed by atoms with van der Waals surface area (Å²) in [4.78, 5) is 1.43. The van der Waals surface area contributed by atoms with E-state index >= 15 is 0 Å². The average Bonchev–Trinajstić information content (AvgIpc) is 3.04. The van der Waals surface area contributed by atoms with Crippen LogP contribution < -0.4 is 0 Å². The third-order valence-corrected chi connectivity index (χ3v) is 7.56. The minimum atomic E-state index is -3.59. The van der Waals surface area contributed by atoms with Crippen LogP contribution in [0, 0.1) is 0 Å². The van der Waals surface area contributed by atoms with Gasteiger partial charge in [0.05, 0.1) is 5.02 Å². The van der Waals surface area contributed by atoms with Crippen LogP contribution in [0.1, 0.15) is 23.6 Å². The molecule has 1 aromatic carbocycles. The maximum absolute atomic E-state index is 12.7. The molecule has 1 fully saturated rings. The van der Waals surface area contributed by atoms with Crippen molar-refractivity contribution >= 4 is 44.6 Å². The number of rotatable bonds is 3. The topological polar surface area (TPSA) is 37.4 Å². The molecule has 2 aromatic rings. The molecule has 1 aromatic heterocycles. The molecule has 118 valence electrons. The van der Waals surface area contributed by atoms with Crippen LogP contribution in [0.15, 0.2) is 40.6 Å². The standard InChI is InChI=1S/C15H15Cl2NO2S2/c16-12-3-4-13(17)15(10-12)22(19,20)18-7-5-11(6-8-18)14-2-1-9-21-14/h1-4,9-11H,5-8H2. The Labute approximate surface area is 144 Å². The molecule has 3 rings (SSSR count). The summed E-state index contributed by atoms with van der Waals surface area (Å²) < 4.78 is 27.0. The van der Waals surface area contributed by atoms with Gasteiger partial charge in [0.1, 0.15) is 4.90 Å². The zero-order chi connectivity index (χ0) is 15.7. The van der Waals surface area contributed by atoms with E-state index in [9.17, 15) is 8.42 Å². The normalized spacial score (nSPS) is 17.7. The first kappa shape index (κ1) is 16.3. The molecule has 0 aliphatic carbocycles. The smallest absolute Gasteiger partial charge is 0.207 e. The summed E-state index contributed by atoms with van der Waals surface area (Å²) >= 11 is 13.7. The van der Waals surface area contributed by atoms with E-state index in [1.165, 1.54) is 21.3 Å². The zero-order valence-electron chi connectivity index (χ0n) is 11.7. The number of thiophene rings is 1. The quantitative estimate of drug-likeness (QED) is 0.784. The van der Waals surface area contributed by atoms with Crippen molar-refractivity contribution in [1.29, 1.82) is 0 Å². The van der Waals surface area contributed by atoms with Gasteiger partial charge in [-0.1, -0.05) is 29.3 Å². The van der Waals surface area contributed by atoms with Gasteiger partial charge in [0.15, 0.2) is 0 Å². The number of hydrogen-bond donors (Lipinski definition) is 0. The van der Waals surface area contributed by atoms with Gasteiger partial charge in [-0.3, -0.25) is 0 Å². The lowest BCUT2D eigenvalue weighted by Crippen LogP contribution is -2.37. The molecule has 0 N–H and O–H groups in total. The van der Waals surface area contributed by atoms with Gasteiger partial charge in [-0.25, -0.2) is 8.42 Å². The Morgan fingerprint density at radius 3 is 2.50 bits per heavy atom. The van der Waals surface area contributed by atoms with Crippen LogP contribution in [-0.2, 0) is 10.0 Å². The van der Waals surface area contributed by atoms with Crippen LogP contribution in [-0.4, -0.2) is 25.8 Å². The van der Waals surface area contributed by atoms with Gasteiger partial charge in [0.25, 0.3) is 0 Å². The van der Waals surface area contributed by atoms with Crippen molar-refractivity contribution in [2.24, 2.45) is 0 Å². The summed E-state index contributed by atoms with van der Waals surface area (Å²) in [6, 6.07) is 8.69. The van der Waals surface area contributed by atoms with Crippen LogP contribution in [0.4, 0.5) is 0 Å². The molecule has 1 aliphatic rings. The van der Waals surface area contributed by atoms with Gasteiger partial charge >= 0.3 is 0 Å². The van der Waals surface area contributed by atoms with E-state index in [1.54, 1.807) is 17.4 Å². The number of piperidine rings is 1. The van der Waals surface area contributed by atoms with Crippen molar-refractivity contribution < 1.29 is 8.42 Å². The first-order chi connectivity index (χ1) is 10.5. The Balaban J connectivity index is 1.79. The molecule has 3 nitrogen and oxygen atoms in total. The molecule has 0 amide bonds. The summed E-state index contributed by atoms with van der Waals surface area (Å²) in [7, 11) is -3.59. The Hall–Kier alpha value is -0.590. The van der Waals surface area contributed by atoms with Crippen LogP contribution in [0.2, 0.25) is 10.0 Å². The summed E-state index contributed by atoms with van der Waals surface area (Å²) in [6.07, 6.45) is 1.66. The third kappa shape index (κ3) is 3.19. The first-order valence-electron chi connectivity index (χ1n) is 6.97. The number of sulfonamides is 1. The largest absolute Gasteiger partial charge is 0.244 e. The Kier molecular flexibility index (Phi) is 4.80. The lowest BCUT2D eigenvalue weighted by Gasteiger charge is -2.31. The van der Waals surface area contributed by atoms with Crippen LogP contribution in [0.25, 0.3) is 0 Å². The molecule has 0 unspecified atom stereocenters. The molecule has 7 heteroatoms. The molecule has 1 saturated heterocycles. The van der Waals surface area contributed by atoms with Crippen LogP contribution in [0.3, 0.4) is 0 Å². The molecule has 0 saturated carbocycles. The second-order valence-corrected chi connectivity index (χ2v) is 9.00. The van der Waals surface area contributed by atoms with Gasteiger partial charge < -0.3 is 0 Å². The molecule has 22 heavy (non-hydrogen) atoms. The fourth-order valence-corrected chi connectivity index (χ4v) is 5.82. The minimum absolute atomic E-state index is 0.0937. The predicted octanol–water partition coefficient (Wildman–Crippen LogP) is 4.62. The lowest BCUT2D eigenvalue weighted by molar-refractivity contribution is 0.321. The van der Waals surface area contributed by atoms with Crippen molar-refractivity contribution in [3.05, 3.63) is 50.6 Å². The number of nitrogens with zero attached hydrogens (tertiary/aromatic N) is 1. The van der Waals surface area contributed by atoms with Gasteiger partial charge in [0, 0.05) is 23.0 Å². The summed E-state index contributed by atoms with van der Waals surface area (Å²) in [5.74, 6) is 0.446. The molecule has 0 spiro atoms. The summed E-state index contributed by atoms with van der Waals surface area (Å²) in [6.45, 7) is 1.02. The molecule has 0 atom stereocenters. The maximum atomic E-state index is 12.7. The monoisotopic (exact) mass is 375 g/mol. The van der Waals surface area contributed by atoms with Crippen molar-refractivity contribution in [2.75, 3.05) is 13.1 Å². The highest BCUT2D eigenvalue weighted by atomic mass is 35.5. The van der Waals surface area contributed by atoms with Crippen molar-refractivity contribution in [1.82, 2.24) is 4.31 Å². The Morgan fingerprint density at radius 1 is 1.14 bits per heavy atom. The van der Waals surface area contributed by atoms with Crippen molar-refractivity contribution in [2.45, 2.75) is 23.7 Å². The lowest BCUT2D eigenvalue weighted by atomic mass is 9.97. The van der Waals surface area contributed by atoms with E-state index in [1.807, 2.05) is 6.07 Å². The zero-order valence-corrected chi connectivity index (χ0v) is 14.9. The second kappa shape index (κ2) is 6.49. The van der Waals surface area contributed by atoms with E-state index in [0.29, 0.717) is 24.0 Å². The predicted molar refractivity (Wildman–Crippen MR) is 91.5 cm³/mol. The van der Waals surface area contributed by atoms with E-state index < -0.39 is 10.0 Å². The molecular weight excluding hydrogens is 361 g/mol. The van der Waals surface area contributed by atoms with Crippen LogP contribution >= 0.6 is 34.5 Å². The number of halogens is 2. The minimum Gasteiger partial charge on any atom is -0.207 e. The summed E-state index contributed by atoms with van der Waals surface area (Å²) in [5.41, 5.74) is 0. The van der Waals surface area contributed by atoms with Gasteiger partial charge in [-0.05, 0) is 48.4 Å². The highest BCUT2D eigenvalue weighted by Crippen LogP contribution is 2.34. The van der Waals surface area contributed by atoms with Gasteiger partial charge in [0.2, 0.25) is 10.0 Å². The van der Waals surface area contributed by atoms with Gasteiger partial charge in [-0.15, -0.1) is 11.3 Å². The van der Waals surface area contributed by atoms with Gasteiger partial charge in [-0.2, -0.15) is 4.31 Å². The highest BCUT2D eigenvalue weighted by Gasteiger charge is 2.31. The van der Waals surface area contributed by atoms with E-state index in [0.717, 1.165) is 12.8 Å². The Morgan fingerprint density at radius 2 is 1.86 bits per heavy atom. The van der Waals surface area contributed by atoms with E-state index in [-0.39, 0.29) is 9.92 Å². The second-order valence-electron chi connectivity index (χ2n) is 5.27. The van der Waals surface area contributed by atoms with Crippen molar-refractivity contribution in [3.8, 4) is 0 Å². The SMILES string of the molecule is O=S(=O)(c1cc(Cl)ccc1Cl)N1CCC(c2cccs2)CC1. The molecule has 2 heterocycles. The fraction of sp³-hybridized carbons (Fsp3) is 0.333. The Bertz CT molecular complexity index is 752. The maximum Gasteiger partial charge on any atom is 0.244 e. The third-order valence-electron chi connectivity index (χ3n) is 3.91. The number of benzene rings is 1. The molecule has 0 radical (unpaired) electrons. The first-order valence-corrected chi connectivity index (χ1v) is 10.0. The fourth-order valence-electron chi connectivity index (χ4n) is 2.72. The molecule has 0 bridgehead atoms. The summed E-state index contributed by atoms with van der Waals surface area (Å²) in [5, 5.41) is 2.64. The van der Waals surface area contributed by atoms with Crippen molar-refractivity contribution in [3.63, 3.8) is 0 Å². The van der Waals surface area contributed by atoms with Crippen LogP contribution in [0.5, 0.6) is 0 Å². The molecule has 1 aliphatic heterocycles. The number of hydrogen-bond acceptors (Lipinski definition) is 3. The van der Waals surface area contributed by atoms with E-state index in [4.69, 9.17) is 23.2 Å². The molecular formula is C15H15Cl2NO2S2. The van der Waals surface area contributed by atoms with E-state index in [2.05, 4.69) is 11.4 Å².